The second-order valence-corrected chi connectivity index (χ2v) is 47.8. The Morgan fingerprint density at radius 2 is 0.618 bits per heavy atom. The van der Waals surface area contributed by atoms with Gasteiger partial charge in [-0.1, -0.05) is 20.8 Å². The quantitative estimate of drug-likeness (QED) is 0.0477. The third-order valence-corrected chi connectivity index (χ3v) is 39.2. The van der Waals surface area contributed by atoms with E-state index in [1.807, 2.05) is 20.8 Å². The average Bonchev–Trinajstić information content (AvgIpc) is 1.29. The van der Waals surface area contributed by atoms with E-state index >= 15 is 0 Å². The van der Waals surface area contributed by atoms with E-state index in [-0.39, 0.29) is 217 Å². The van der Waals surface area contributed by atoms with E-state index in [4.69, 9.17) is 75.8 Å². The molecule has 37 heteroatoms. The Morgan fingerprint density at radius 3 is 0.926 bits per heavy atom. The van der Waals surface area contributed by atoms with Crippen LogP contribution in [0.25, 0.3) is 0 Å². The van der Waals surface area contributed by atoms with Crippen LogP contribution < -0.4 is 0 Å². The van der Waals surface area contributed by atoms with Gasteiger partial charge in [0.25, 0.3) is 0 Å². The Kier molecular flexibility index (Phi) is 22.7. The summed E-state index contributed by atoms with van der Waals surface area (Å²) in [6.45, 7) is 10.6. The number of hydrogen-bond donors (Lipinski definition) is 1. The molecular formula is C99H126F8O29. The van der Waals surface area contributed by atoms with Crippen molar-refractivity contribution in [3.8, 4) is 0 Å². The summed E-state index contributed by atoms with van der Waals surface area (Å²) in [4.78, 5) is 147. The van der Waals surface area contributed by atoms with Gasteiger partial charge < -0.3 is 80.9 Å². The Morgan fingerprint density at radius 1 is 0.353 bits per heavy atom. The molecule has 0 radical (unpaired) electrons. The molecule has 24 aliphatic carbocycles. The number of carbonyl (C=O) groups excluding carboxylic acids is 12. The summed E-state index contributed by atoms with van der Waals surface area (Å²) < 4.78 is 201. The van der Waals surface area contributed by atoms with Crippen LogP contribution in [-0.4, -0.2) is 226 Å². The lowest BCUT2D eigenvalue weighted by Gasteiger charge is -2.65. The maximum atomic E-state index is 13.8. The number of halogens is 8. The number of ether oxygens (including phenoxy) is 16. The van der Waals surface area contributed by atoms with Crippen molar-refractivity contribution < 1.29 is 174 Å². The van der Waals surface area contributed by atoms with Gasteiger partial charge in [0.05, 0.1) is 51.7 Å². The molecule has 0 aromatic heterocycles. The second-order valence-electron chi connectivity index (χ2n) is 47.8. The molecule has 29 nitrogen and oxygen atoms in total. The number of carbonyl (C=O) groups is 12. The second kappa shape index (κ2) is 32.4. The molecule has 28 unspecified atom stereocenters. The van der Waals surface area contributed by atoms with Gasteiger partial charge >= 0.3 is 95.3 Å². The molecule has 24 saturated carbocycles. The van der Waals surface area contributed by atoms with Crippen molar-refractivity contribution in [2.75, 3.05) is 26.4 Å². The molecule has 28 rings (SSSR count). The third kappa shape index (κ3) is 15.8. The Hall–Kier alpha value is -7.12. The zero-order chi connectivity index (χ0) is 96.6. The summed E-state index contributed by atoms with van der Waals surface area (Å²) in [7, 11) is 0. The highest BCUT2D eigenvalue weighted by Gasteiger charge is 2.74. The van der Waals surface area contributed by atoms with Crippen molar-refractivity contribution >= 4 is 71.6 Å². The first-order valence-electron chi connectivity index (χ1n) is 50.1. The predicted molar refractivity (Wildman–Crippen MR) is 443 cm³/mol. The van der Waals surface area contributed by atoms with Crippen molar-refractivity contribution in [1.29, 1.82) is 0 Å². The van der Waals surface area contributed by atoms with Crippen molar-refractivity contribution in [2.45, 2.75) is 371 Å². The average molecular weight is 1930 g/mol. The fraction of sp³-hybridized carbons (Fsp3) is 0.879. The summed E-state index contributed by atoms with van der Waals surface area (Å²) in [5, 5.41) is 11.1. The van der Waals surface area contributed by atoms with Gasteiger partial charge in [0.15, 0.2) is 0 Å². The minimum absolute atomic E-state index is 0.0331. The van der Waals surface area contributed by atoms with Gasteiger partial charge in [-0.3, -0.25) is 19.2 Å². The zero-order valence-electron chi connectivity index (χ0n) is 78.2. The van der Waals surface area contributed by atoms with Crippen molar-refractivity contribution in [3.05, 3.63) is 0 Å². The molecule has 0 amide bonds. The smallest absolute Gasteiger partial charge is 0.377 e. The molecule has 4 heterocycles. The van der Waals surface area contributed by atoms with Crippen LogP contribution in [0.2, 0.25) is 0 Å². The van der Waals surface area contributed by atoms with E-state index < -0.39 is 128 Å². The van der Waals surface area contributed by atoms with Crippen LogP contribution in [0.4, 0.5) is 35.1 Å². The monoisotopic (exact) mass is 1930 g/mol. The summed E-state index contributed by atoms with van der Waals surface area (Å²) in [5.41, 5.74) is -7.32. The van der Waals surface area contributed by atoms with Gasteiger partial charge in [0, 0.05) is 129 Å². The number of aliphatic hydroxyl groups is 1. The zero-order valence-corrected chi connectivity index (χ0v) is 78.2. The lowest BCUT2D eigenvalue weighted by molar-refractivity contribution is -0.288. The molecular weight excluding hydrogens is 1810 g/mol. The minimum atomic E-state index is -3.60. The molecule has 4 aliphatic heterocycles. The Balaban J connectivity index is 0.000000108. The third-order valence-electron chi connectivity index (χ3n) is 39.2. The molecule has 136 heavy (non-hydrogen) atoms. The first-order valence-corrected chi connectivity index (χ1v) is 50.1. The highest BCUT2D eigenvalue weighted by Crippen LogP contribution is 2.70. The summed E-state index contributed by atoms with van der Waals surface area (Å²) in [6, 6.07) is 0. The van der Waals surface area contributed by atoms with Crippen molar-refractivity contribution in [1.82, 2.24) is 0 Å². The highest BCUT2D eigenvalue weighted by atomic mass is 19.3. The number of alkyl halides is 8. The standard InChI is InChI=1S/C26H34F2O7.C25H32F2O7.C24H30F2O8.C24H30F2O7/c1-12(2)26(35-23(31)24(3,27)28)15-4-13-5-16(26)10-25(8-13,9-15)32-11-19(29)33-20-14-6-17-18(7-14)22(30)34-21(17)20;1-3-25(34-22(30)23(2,26)27)14-4-12-5-15(25)10-24(8-12,9-14)31-11-18(28)32-19-13-6-16-17(7-13)21(29)33-20(16)19;1-21(34-20(29)22(2,25)26)12-5-23(30)6-13(21)8-24(7-12,10-23)31-9-16(27)32-17-11-3-14-15(4-11)19(28)33-18(14)17;1-22(33-21(29)23(2,25)26)13-3-11-4-14(22)9-24(7-11,8-13)30-10-17(27)31-18-12-5-15-16(6-12)20(28)32-19(15)18/h12-18,20-21H,4-11H2,1-3H3;12-17,19-20H,3-11H2,1-2H3;11-15,17-18,30H,3-10H2,1-2H3;11-16,18-19H,3-10H2,1-2H3. The molecule has 28 atom stereocenters. The Bertz CT molecular complexity index is 4810. The molecule has 4 saturated heterocycles. The van der Waals surface area contributed by atoms with Crippen LogP contribution >= 0.6 is 0 Å². The molecule has 0 aromatic rings. The lowest BCUT2D eigenvalue weighted by Crippen LogP contribution is -2.70. The van der Waals surface area contributed by atoms with Gasteiger partial charge in [-0.05, 0) is 217 Å². The van der Waals surface area contributed by atoms with E-state index in [9.17, 15) is 97.8 Å². The molecule has 752 valence electrons. The molecule has 28 aliphatic rings. The van der Waals surface area contributed by atoms with Crippen molar-refractivity contribution in [2.24, 2.45) is 142 Å². The van der Waals surface area contributed by atoms with E-state index in [0.29, 0.717) is 129 Å². The van der Waals surface area contributed by atoms with E-state index in [1.165, 1.54) is 0 Å². The van der Waals surface area contributed by atoms with Crippen LogP contribution in [0.5, 0.6) is 0 Å². The molecule has 0 aromatic carbocycles. The van der Waals surface area contributed by atoms with Gasteiger partial charge in [0.1, 0.15) is 97.7 Å². The van der Waals surface area contributed by atoms with E-state index in [2.05, 4.69) is 0 Å². The predicted octanol–water partition coefficient (Wildman–Crippen LogP) is 12.3. The minimum Gasteiger partial charge on any atom is -0.458 e. The van der Waals surface area contributed by atoms with Gasteiger partial charge in [-0.15, -0.1) is 0 Å². The van der Waals surface area contributed by atoms with Gasteiger partial charge in [-0.25, -0.2) is 38.4 Å². The maximum absolute atomic E-state index is 13.8. The van der Waals surface area contributed by atoms with E-state index in [1.54, 1.807) is 13.8 Å². The van der Waals surface area contributed by atoms with Crippen LogP contribution in [0.1, 0.15) is 249 Å². The summed E-state index contributed by atoms with van der Waals surface area (Å²) in [6.07, 6.45) is 16.4. The Labute approximate surface area is 781 Å². The highest BCUT2D eigenvalue weighted by molar-refractivity contribution is 5.82. The lowest BCUT2D eigenvalue weighted by atomic mass is 9.46. The first kappa shape index (κ1) is 95.1. The van der Waals surface area contributed by atoms with Gasteiger partial charge in [0.2, 0.25) is 0 Å². The normalized spacial score (nSPS) is 48.3. The fourth-order valence-corrected chi connectivity index (χ4v) is 34.2. The molecule has 0 spiro atoms. The van der Waals surface area contributed by atoms with Crippen LogP contribution in [0, 0.1) is 142 Å². The SMILES string of the molecule is CC(C)C1(OC(=O)C(C)(F)F)C2CC3CC1CC(OCC(=O)OC1C4CC5C(=O)OC1C5C4)(C3)C2.CC(F)(F)C(=O)OC1(C)C2CC3(O)CC1CC(OCC(=O)OC1C4CC5C(=O)OC1C5C4)(C2)C3.CC(F)(F)C(=O)OC1(C)C2CC3CC1CC(OCC(=O)OC1C4CC5C(=O)OC1C5C4)(C3)C2.CCC1(OC(=O)C(C)(F)F)C2CC3CC1CC(OCC(=O)OC1C4CC5C(=O)OC1C5C4)(C3)C2. The first-order chi connectivity index (χ1) is 63.7. The summed E-state index contributed by atoms with van der Waals surface area (Å²) >= 11 is 0. The molecule has 28 fully saturated rings. The number of hydrogen-bond acceptors (Lipinski definition) is 29. The largest absolute Gasteiger partial charge is 0.458 e. The van der Waals surface area contributed by atoms with E-state index in [0.717, 1.165) is 103 Å². The fourth-order valence-electron chi connectivity index (χ4n) is 34.2. The number of fused-ring (bicyclic) bond motifs is 4. The van der Waals surface area contributed by atoms with Crippen LogP contribution in [-0.2, 0) is 133 Å². The molecule has 24 bridgehead atoms. The maximum Gasteiger partial charge on any atom is 0.377 e. The number of rotatable bonds is 26. The van der Waals surface area contributed by atoms with Crippen LogP contribution in [0.15, 0.2) is 0 Å². The summed E-state index contributed by atoms with van der Waals surface area (Å²) in [5.74, 6) is -21.8. The number of esters is 12. The molecule has 1 N–H and O–H groups in total. The van der Waals surface area contributed by atoms with Crippen molar-refractivity contribution in [3.63, 3.8) is 0 Å². The topological polar surface area (TPSA) is 373 Å². The van der Waals surface area contributed by atoms with Gasteiger partial charge in [-0.2, -0.15) is 35.1 Å². The van der Waals surface area contributed by atoms with Crippen LogP contribution in [0.3, 0.4) is 0 Å².